The van der Waals surface area contributed by atoms with Crippen LogP contribution in [0, 0.1) is 0 Å². The molecule has 1 aliphatic rings. The number of piperazine rings is 1. The third-order valence-corrected chi connectivity index (χ3v) is 7.33. The van der Waals surface area contributed by atoms with Crippen LogP contribution in [0.1, 0.15) is 10.6 Å². The number of hydrogen-bond donors (Lipinski definition) is 0. The highest BCUT2D eigenvalue weighted by Gasteiger charge is 2.28. The molecular weight excluding hydrogens is 454 g/mol. The van der Waals surface area contributed by atoms with Gasteiger partial charge in [0, 0.05) is 26.2 Å². The molecular formula is C23H19N7OS2. The third kappa shape index (κ3) is 3.66. The monoisotopic (exact) mass is 473 g/mol. The molecule has 0 saturated carbocycles. The molecule has 6 rings (SSSR count). The fraction of sp³-hybridized carbons (Fsp3) is 0.174. The summed E-state index contributed by atoms with van der Waals surface area (Å²) >= 11 is 3.19. The van der Waals surface area contributed by atoms with Crippen LogP contribution >= 0.6 is 22.7 Å². The second-order valence-electron chi connectivity index (χ2n) is 7.60. The Morgan fingerprint density at radius 2 is 1.73 bits per heavy atom. The van der Waals surface area contributed by atoms with Crippen molar-refractivity contribution in [2.45, 2.75) is 0 Å². The lowest BCUT2D eigenvalue weighted by atomic mass is 10.2. The number of fused-ring (bicyclic) bond motifs is 1. The van der Waals surface area contributed by atoms with Crippen molar-refractivity contribution in [3.8, 4) is 16.4 Å². The van der Waals surface area contributed by atoms with E-state index >= 15 is 0 Å². The number of thiophene rings is 2. The van der Waals surface area contributed by atoms with Gasteiger partial charge in [-0.25, -0.2) is 19.6 Å². The summed E-state index contributed by atoms with van der Waals surface area (Å²) in [4.78, 5) is 32.8. The molecule has 0 spiro atoms. The van der Waals surface area contributed by atoms with Gasteiger partial charge in [-0.15, -0.1) is 27.8 Å². The number of carbonyl (C=O) groups is 1. The van der Waals surface area contributed by atoms with Gasteiger partial charge in [0.05, 0.1) is 16.0 Å². The molecule has 1 saturated heterocycles. The Morgan fingerprint density at radius 3 is 2.52 bits per heavy atom. The van der Waals surface area contributed by atoms with Gasteiger partial charge in [0.1, 0.15) is 17.0 Å². The first kappa shape index (κ1) is 20.0. The van der Waals surface area contributed by atoms with Crippen molar-refractivity contribution < 1.29 is 4.79 Å². The maximum Gasteiger partial charge on any atom is 0.293 e. The number of carbonyl (C=O) groups excluding carboxylic acids is 1. The van der Waals surface area contributed by atoms with Crippen molar-refractivity contribution in [2.24, 2.45) is 0 Å². The molecule has 5 heterocycles. The molecule has 0 aliphatic carbocycles. The number of para-hydroxylation sites is 1. The molecule has 1 aliphatic heterocycles. The quantitative estimate of drug-likeness (QED) is 0.393. The number of hydrogen-bond acceptors (Lipinski definition) is 8. The van der Waals surface area contributed by atoms with Crippen LogP contribution in [0.4, 0.5) is 5.82 Å². The fourth-order valence-corrected chi connectivity index (χ4v) is 5.43. The minimum atomic E-state index is -0.148. The predicted molar refractivity (Wildman–Crippen MR) is 130 cm³/mol. The van der Waals surface area contributed by atoms with E-state index in [1.54, 1.807) is 33.7 Å². The summed E-state index contributed by atoms with van der Waals surface area (Å²) in [5.41, 5.74) is 0.876. The topological polar surface area (TPSA) is 80.0 Å². The number of amides is 1. The van der Waals surface area contributed by atoms with Crippen molar-refractivity contribution in [2.75, 3.05) is 31.1 Å². The second-order valence-corrected chi connectivity index (χ2v) is 9.44. The number of rotatable bonds is 4. The molecule has 0 atom stereocenters. The van der Waals surface area contributed by atoms with E-state index < -0.39 is 0 Å². The maximum absolute atomic E-state index is 13.3. The molecule has 0 bridgehead atoms. The van der Waals surface area contributed by atoms with E-state index in [4.69, 9.17) is 0 Å². The van der Waals surface area contributed by atoms with Gasteiger partial charge in [0.2, 0.25) is 5.82 Å². The highest BCUT2D eigenvalue weighted by atomic mass is 32.1. The lowest BCUT2D eigenvalue weighted by Crippen LogP contribution is -2.49. The maximum atomic E-state index is 13.3. The molecule has 8 nitrogen and oxygen atoms in total. The molecule has 4 aromatic heterocycles. The highest BCUT2D eigenvalue weighted by Crippen LogP contribution is 2.28. The standard InChI is InChI=1S/C23H19N7OS2/c31-23(29-11-9-28(10-12-29)20-17-8-14-33-22(17)25-15-24-20)19-26-21(18-7-4-13-32-18)30(27-19)16-5-2-1-3-6-16/h1-8,13-15H,9-12H2. The molecule has 1 fully saturated rings. The number of anilines is 1. The molecule has 0 N–H and O–H groups in total. The molecule has 164 valence electrons. The van der Waals surface area contributed by atoms with Crippen molar-refractivity contribution in [1.29, 1.82) is 0 Å². The predicted octanol–water partition coefficient (Wildman–Crippen LogP) is 3.96. The number of aromatic nitrogens is 5. The van der Waals surface area contributed by atoms with E-state index in [-0.39, 0.29) is 11.7 Å². The summed E-state index contributed by atoms with van der Waals surface area (Å²) in [6.07, 6.45) is 1.61. The van der Waals surface area contributed by atoms with Crippen LogP contribution in [0.25, 0.3) is 26.6 Å². The summed E-state index contributed by atoms with van der Waals surface area (Å²) in [5, 5.41) is 9.70. The minimum Gasteiger partial charge on any atom is -0.352 e. The molecule has 1 amide bonds. The Balaban J connectivity index is 1.25. The van der Waals surface area contributed by atoms with Gasteiger partial charge in [-0.1, -0.05) is 24.3 Å². The average Bonchev–Trinajstić information content (AvgIpc) is 3.64. The summed E-state index contributed by atoms with van der Waals surface area (Å²) < 4.78 is 1.75. The summed E-state index contributed by atoms with van der Waals surface area (Å²) in [7, 11) is 0. The Kier molecular flexibility index (Phi) is 5.08. The van der Waals surface area contributed by atoms with Crippen LogP contribution in [-0.2, 0) is 0 Å². The molecule has 0 radical (unpaired) electrons. The first-order valence-corrected chi connectivity index (χ1v) is 12.3. The van der Waals surface area contributed by atoms with E-state index in [0.717, 1.165) is 26.6 Å². The third-order valence-electron chi connectivity index (χ3n) is 5.65. The Labute approximate surface area is 197 Å². The van der Waals surface area contributed by atoms with Crippen molar-refractivity contribution in [3.63, 3.8) is 0 Å². The van der Waals surface area contributed by atoms with Crippen molar-refractivity contribution in [3.05, 3.63) is 71.4 Å². The summed E-state index contributed by atoms with van der Waals surface area (Å²) in [6, 6.07) is 15.8. The van der Waals surface area contributed by atoms with E-state index in [1.165, 1.54) is 0 Å². The molecule has 0 unspecified atom stereocenters. The summed E-state index contributed by atoms with van der Waals surface area (Å²) in [6.45, 7) is 2.57. The van der Waals surface area contributed by atoms with E-state index in [1.807, 2.05) is 58.1 Å². The van der Waals surface area contributed by atoms with Crippen LogP contribution in [0.15, 0.2) is 65.6 Å². The van der Waals surface area contributed by atoms with Gasteiger partial charge < -0.3 is 9.80 Å². The fourth-order valence-electron chi connectivity index (χ4n) is 4.01. The lowest BCUT2D eigenvalue weighted by molar-refractivity contribution is 0.0734. The first-order valence-electron chi connectivity index (χ1n) is 10.6. The Bertz CT molecular complexity index is 1400. The minimum absolute atomic E-state index is 0.148. The zero-order valence-electron chi connectivity index (χ0n) is 17.5. The molecule has 10 heteroatoms. The SMILES string of the molecule is O=C(c1nc(-c2cccs2)n(-c2ccccc2)n1)N1CCN(c2ncnc3sccc23)CC1. The van der Waals surface area contributed by atoms with Crippen LogP contribution in [0.3, 0.4) is 0 Å². The van der Waals surface area contributed by atoms with Crippen LogP contribution in [0.5, 0.6) is 0 Å². The molecule has 33 heavy (non-hydrogen) atoms. The molecule has 5 aromatic rings. The Morgan fingerprint density at radius 1 is 0.879 bits per heavy atom. The van der Waals surface area contributed by atoms with Gasteiger partial charge in [-0.3, -0.25) is 4.79 Å². The van der Waals surface area contributed by atoms with Crippen molar-refractivity contribution in [1.82, 2.24) is 29.6 Å². The Hall–Kier alpha value is -3.63. The largest absolute Gasteiger partial charge is 0.352 e. The van der Waals surface area contributed by atoms with Crippen molar-refractivity contribution >= 4 is 44.6 Å². The van der Waals surface area contributed by atoms with Gasteiger partial charge in [0.25, 0.3) is 5.91 Å². The smallest absolute Gasteiger partial charge is 0.293 e. The average molecular weight is 474 g/mol. The van der Waals surface area contributed by atoms with Crippen LogP contribution in [0.2, 0.25) is 0 Å². The number of nitrogens with zero attached hydrogens (tertiary/aromatic N) is 7. The van der Waals surface area contributed by atoms with E-state index in [0.29, 0.717) is 32.0 Å². The van der Waals surface area contributed by atoms with E-state index in [9.17, 15) is 4.79 Å². The second kappa shape index (κ2) is 8.38. The van der Waals surface area contributed by atoms with Crippen LogP contribution in [-0.4, -0.2) is 61.7 Å². The van der Waals surface area contributed by atoms with Gasteiger partial charge in [-0.2, -0.15) is 0 Å². The van der Waals surface area contributed by atoms with Gasteiger partial charge in [-0.05, 0) is 35.0 Å². The summed E-state index contributed by atoms with van der Waals surface area (Å²) in [5.74, 6) is 1.68. The zero-order chi connectivity index (χ0) is 22.2. The van der Waals surface area contributed by atoms with Crippen LogP contribution < -0.4 is 4.90 Å². The highest BCUT2D eigenvalue weighted by molar-refractivity contribution is 7.16. The van der Waals surface area contributed by atoms with Gasteiger partial charge in [0.15, 0.2) is 5.82 Å². The normalized spacial score (nSPS) is 14.2. The zero-order valence-corrected chi connectivity index (χ0v) is 19.2. The first-order chi connectivity index (χ1) is 16.3. The van der Waals surface area contributed by atoms with E-state index in [2.05, 4.69) is 31.0 Å². The van der Waals surface area contributed by atoms with Gasteiger partial charge >= 0.3 is 0 Å². The lowest BCUT2D eigenvalue weighted by Gasteiger charge is -2.35. The number of benzene rings is 1. The molecule has 1 aromatic carbocycles.